The second-order valence-electron chi connectivity index (χ2n) is 4.06. The summed E-state index contributed by atoms with van der Waals surface area (Å²) in [5.41, 5.74) is 7.92. The third kappa shape index (κ3) is 3.58. The fraction of sp³-hybridized carbons (Fsp3) is 0.308. The molecule has 0 bridgehead atoms. The van der Waals surface area contributed by atoms with Crippen LogP contribution in [-0.4, -0.2) is 16.3 Å². The van der Waals surface area contributed by atoms with Gasteiger partial charge in [0.15, 0.2) is 0 Å². The molecule has 0 aliphatic heterocycles. The van der Waals surface area contributed by atoms with Gasteiger partial charge in [-0.2, -0.15) is 5.10 Å². The minimum atomic E-state index is 0.725. The molecule has 0 saturated heterocycles. The molecule has 0 aliphatic carbocycles. The number of nitrogens with zero attached hydrogens (tertiary/aromatic N) is 2. The van der Waals surface area contributed by atoms with Crippen LogP contribution in [0.4, 0.5) is 0 Å². The van der Waals surface area contributed by atoms with E-state index in [4.69, 9.17) is 17.3 Å². The van der Waals surface area contributed by atoms with Crippen molar-refractivity contribution < 1.29 is 0 Å². The molecule has 2 rings (SSSR count). The van der Waals surface area contributed by atoms with Gasteiger partial charge in [0, 0.05) is 11.2 Å². The van der Waals surface area contributed by atoms with E-state index in [9.17, 15) is 0 Å². The van der Waals surface area contributed by atoms with E-state index in [0.29, 0.717) is 0 Å². The molecule has 4 heteroatoms. The van der Waals surface area contributed by atoms with Gasteiger partial charge < -0.3 is 5.73 Å². The van der Waals surface area contributed by atoms with Crippen LogP contribution in [0.15, 0.2) is 36.7 Å². The van der Waals surface area contributed by atoms with Gasteiger partial charge in [-0.1, -0.05) is 23.7 Å². The molecule has 3 nitrogen and oxygen atoms in total. The Labute approximate surface area is 106 Å². The molecule has 1 aromatic heterocycles. The molecule has 0 spiro atoms. The van der Waals surface area contributed by atoms with Gasteiger partial charge in [0.2, 0.25) is 0 Å². The average Bonchev–Trinajstić information content (AvgIpc) is 2.77. The fourth-order valence-electron chi connectivity index (χ4n) is 1.71. The lowest BCUT2D eigenvalue weighted by Gasteiger charge is -2.01. The maximum atomic E-state index is 5.84. The number of nitrogens with two attached hydrogens (primary N) is 1. The first-order valence-electron chi connectivity index (χ1n) is 5.74. The molecule has 0 unspecified atom stereocenters. The summed E-state index contributed by atoms with van der Waals surface area (Å²) in [6, 6.07) is 7.83. The Hall–Kier alpha value is -1.32. The van der Waals surface area contributed by atoms with Crippen LogP contribution in [0.5, 0.6) is 0 Å². The van der Waals surface area contributed by atoms with Crippen molar-refractivity contribution in [3.8, 4) is 0 Å². The van der Waals surface area contributed by atoms with Crippen molar-refractivity contribution in [1.82, 2.24) is 9.78 Å². The summed E-state index contributed by atoms with van der Waals surface area (Å²) in [6.45, 7) is 1.50. The zero-order valence-electron chi connectivity index (χ0n) is 9.64. The first kappa shape index (κ1) is 12.1. The summed E-state index contributed by atoms with van der Waals surface area (Å²) in [6.07, 6.45) is 5.99. The van der Waals surface area contributed by atoms with Crippen LogP contribution < -0.4 is 5.73 Å². The molecule has 0 atom stereocenters. The molecule has 1 heterocycles. The molecule has 0 radical (unpaired) electrons. The van der Waals surface area contributed by atoms with Crippen LogP contribution in [-0.2, 0) is 13.0 Å². The van der Waals surface area contributed by atoms with Crippen molar-refractivity contribution in [2.75, 3.05) is 6.54 Å². The third-order valence-electron chi connectivity index (χ3n) is 2.61. The molecule has 0 amide bonds. The molecule has 0 saturated carbocycles. The fourth-order valence-corrected chi connectivity index (χ4v) is 1.83. The van der Waals surface area contributed by atoms with E-state index in [2.05, 4.69) is 11.3 Å². The molecule has 2 N–H and O–H groups in total. The van der Waals surface area contributed by atoms with Crippen molar-refractivity contribution in [3.63, 3.8) is 0 Å². The highest BCUT2D eigenvalue weighted by atomic mass is 35.5. The third-order valence-corrected chi connectivity index (χ3v) is 2.87. The van der Waals surface area contributed by atoms with Crippen molar-refractivity contribution in [3.05, 3.63) is 52.8 Å². The van der Waals surface area contributed by atoms with E-state index in [1.807, 2.05) is 35.1 Å². The Kier molecular flexibility index (Phi) is 4.18. The molecular formula is C13H16ClN3. The van der Waals surface area contributed by atoms with Gasteiger partial charge in [-0.25, -0.2) is 0 Å². The van der Waals surface area contributed by atoms with Gasteiger partial charge in [-0.3, -0.25) is 4.68 Å². The Balaban J connectivity index is 1.98. The SMILES string of the molecule is NCCCc1cnn(Cc2ccc(Cl)cc2)c1. The quantitative estimate of drug-likeness (QED) is 0.885. The van der Waals surface area contributed by atoms with Gasteiger partial charge in [0.05, 0.1) is 12.7 Å². The zero-order valence-corrected chi connectivity index (χ0v) is 10.4. The first-order chi connectivity index (χ1) is 8.28. The molecule has 17 heavy (non-hydrogen) atoms. The van der Waals surface area contributed by atoms with Crippen LogP contribution in [0.1, 0.15) is 17.5 Å². The predicted molar refractivity (Wildman–Crippen MR) is 70.2 cm³/mol. The maximum absolute atomic E-state index is 5.84. The zero-order chi connectivity index (χ0) is 12.1. The van der Waals surface area contributed by atoms with E-state index in [1.54, 1.807) is 0 Å². The topological polar surface area (TPSA) is 43.8 Å². The van der Waals surface area contributed by atoms with Crippen LogP contribution >= 0.6 is 11.6 Å². The lowest BCUT2D eigenvalue weighted by atomic mass is 10.2. The molecule has 2 aromatic rings. The molecule has 1 aromatic carbocycles. The monoisotopic (exact) mass is 249 g/mol. The maximum Gasteiger partial charge on any atom is 0.0659 e. The summed E-state index contributed by atoms with van der Waals surface area (Å²) in [5.74, 6) is 0. The second kappa shape index (κ2) is 5.84. The first-order valence-corrected chi connectivity index (χ1v) is 6.11. The Morgan fingerprint density at radius 3 is 2.65 bits per heavy atom. The van der Waals surface area contributed by atoms with E-state index < -0.39 is 0 Å². The molecular weight excluding hydrogens is 234 g/mol. The number of aromatic nitrogens is 2. The molecule has 90 valence electrons. The van der Waals surface area contributed by atoms with Gasteiger partial charge in [0.25, 0.3) is 0 Å². The number of rotatable bonds is 5. The standard InChI is InChI=1S/C13H16ClN3/c14-13-5-3-11(4-6-13)9-17-10-12(8-16-17)2-1-7-15/h3-6,8,10H,1-2,7,9,15H2. The van der Waals surface area contributed by atoms with Gasteiger partial charge in [0.1, 0.15) is 0 Å². The largest absolute Gasteiger partial charge is 0.330 e. The normalized spacial score (nSPS) is 10.7. The lowest BCUT2D eigenvalue weighted by molar-refractivity contribution is 0.685. The molecule has 0 fully saturated rings. The van der Waals surface area contributed by atoms with Crippen LogP contribution in [0.2, 0.25) is 5.02 Å². The van der Waals surface area contributed by atoms with Crippen molar-refractivity contribution in [2.24, 2.45) is 5.73 Å². The number of hydrogen-bond donors (Lipinski definition) is 1. The van der Waals surface area contributed by atoms with Crippen LogP contribution in [0.25, 0.3) is 0 Å². The number of aryl methyl sites for hydroxylation is 1. The highest BCUT2D eigenvalue weighted by Crippen LogP contribution is 2.11. The van der Waals surface area contributed by atoms with E-state index in [-0.39, 0.29) is 0 Å². The van der Waals surface area contributed by atoms with Crippen molar-refractivity contribution in [2.45, 2.75) is 19.4 Å². The van der Waals surface area contributed by atoms with E-state index in [0.717, 1.165) is 31.0 Å². The van der Waals surface area contributed by atoms with Gasteiger partial charge >= 0.3 is 0 Å². The van der Waals surface area contributed by atoms with Crippen LogP contribution in [0, 0.1) is 0 Å². The second-order valence-corrected chi connectivity index (χ2v) is 4.50. The molecule has 0 aliphatic rings. The summed E-state index contributed by atoms with van der Waals surface area (Å²) in [4.78, 5) is 0. The summed E-state index contributed by atoms with van der Waals surface area (Å²) in [7, 11) is 0. The van der Waals surface area contributed by atoms with E-state index in [1.165, 1.54) is 11.1 Å². The van der Waals surface area contributed by atoms with Crippen molar-refractivity contribution >= 4 is 11.6 Å². The minimum Gasteiger partial charge on any atom is -0.330 e. The van der Waals surface area contributed by atoms with Crippen LogP contribution in [0.3, 0.4) is 0 Å². The minimum absolute atomic E-state index is 0.725. The lowest BCUT2D eigenvalue weighted by Crippen LogP contribution is -2.00. The van der Waals surface area contributed by atoms with Gasteiger partial charge in [-0.15, -0.1) is 0 Å². The summed E-state index contributed by atoms with van der Waals surface area (Å²) in [5, 5.41) is 5.09. The van der Waals surface area contributed by atoms with Gasteiger partial charge in [-0.05, 0) is 42.6 Å². The number of hydrogen-bond acceptors (Lipinski definition) is 2. The number of halogens is 1. The van der Waals surface area contributed by atoms with Crippen molar-refractivity contribution in [1.29, 1.82) is 0 Å². The Morgan fingerprint density at radius 2 is 1.94 bits per heavy atom. The Morgan fingerprint density at radius 1 is 1.18 bits per heavy atom. The average molecular weight is 250 g/mol. The highest BCUT2D eigenvalue weighted by molar-refractivity contribution is 6.30. The summed E-state index contributed by atoms with van der Waals surface area (Å²) >= 11 is 5.84. The van der Waals surface area contributed by atoms with E-state index >= 15 is 0 Å². The summed E-state index contributed by atoms with van der Waals surface area (Å²) < 4.78 is 1.94. The Bertz CT molecular complexity index is 462. The number of benzene rings is 1. The highest BCUT2D eigenvalue weighted by Gasteiger charge is 1.99. The predicted octanol–water partition coefficient (Wildman–Crippen LogP) is 2.48. The smallest absolute Gasteiger partial charge is 0.0659 e.